The van der Waals surface area contributed by atoms with E-state index in [1.54, 1.807) is 12.1 Å². The first-order chi connectivity index (χ1) is 13.9. The topological polar surface area (TPSA) is 58.1 Å². The van der Waals surface area contributed by atoms with Gasteiger partial charge in [-0.3, -0.25) is 4.90 Å². The van der Waals surface area contributed by atoms with E-state index in [0.717, 1.165) is 31.7 Å². The summed E-state index contributed by atoms with van der Waals surface area (Å²) in [4.78, 5) is 7.04. The molecule has 0 spiro atoms. The second-order valence-corrected chi connectivity index (χ2v) is 6.89. The number of guanidine groups is 1. The average Bonchev–Trinajstić information content (AvgIpc) is 3.15. The maximum atomic E-state index is 12.4. The zero-order valence-corrected chi connectivity index (χ0v) is 17.3. The summed E-state index contributed by atoms with van der Waals surface area (Å²) in [6.45, 7) is 6.93. The number of hydrogen-bond acceptors (Lipinski definition) is 4. The quantitative estimate of drug-likeness (QED) is 0.478. The Morgan fingerprint density at radius 2 is 2.03 bits per heavy atom. The summed E-state index contributed by atoms with van der Waals surface area (Å²) in [5.74, 6) is 1.03. The Hall–Kier alpha value is -2.16. The van der Waals surface area contributed by atoms with Crippen molar-refractivity contribution in [1.29, 1.82) is 0 Å². The number of methoxy groups -OCH3 is 1. The van der Waals surface area contributed by atoms with Crippen molar-refractivity contribution in [3.8, 4) is 11.5 Å². The smallest absolute Gasteiger partial charge is 0.422 e. The highest BCUT2D eigenvalue weighted by Crippen LogP contribution is 2.30. The van der Waals surface area contributed by atoms with E-state index in [9.17, 15) is 13.2 Å². The number of halogens is 3. The standard InChI is InChI=1S/C20H31F3N4O2/c1-4-24-19(26-13-16-7-6-10-27(16)5-2)25-12-15-8-9-17(18(11-15)28-3)29-14-20(21,22)23/h8-9,11,16H,4-7,10,12-14H2,1-3H3,(H2,24,25,26). The lowest BCUT2D eigenvalue weighted by molar-refractivity contribution is -0.153. The molecule has 0 amide bonds. The fraction of sp³-hybridized carbons (Fsp3) is 0.650. The highest BCUT2D eigenvalue weighted by atomic mass is 19.4. The summed E-state index contributed by atoms with van der Waals surface area (Å²) in [5.41, 5.74) is 0.814. The lowest BCUT2D eigenvalue weighted by Gasteiger charge is -2.24. The number of ether oxygens (including phenoxy) is 2. The molecule has 0 aliphatic carbocycles. The van der Waals surface area contributed by atoms with E-state index in [-0.39, 0.29) is 11.5 Å². The zero-order chi connectivity index (χ0) is 21.3. The monoisotopic (exact) mass is 416 g/mol. The molecule has 1 aromatic carbocycles. The van der Waals surface area contributed by atoms with Gasteiger partial charge in [0.15, 0.2) is 24.1 Å². The number of rotatable bonds is 9. The Kier molecular flexibility index (Phi) is 8.88. The minimum absolute atomic E-state index is 0.0588. The summed E-state index contributed by atoms with van der Waals surface area (Å²) in [6.07, 6.45) is -2.00. The molecular weight excluding hydrogens is 385 g/mol. The molecule has 0 bridgehead atoms. The first-order valence-corrected chi connectivity index (χ1v) is 9.99. The summed E-state index contributed by atoms with van der Waals surface area (Å²) >= 11 is 0. The van der Waals surface area contributed by atoms with Crippen LogP contribution in [0, 0.1) is 0 Å². The van der Waals surface area contributed by atoms with Gasteiger partial charge in [0.2, 0.25) is 0 Å². The number of benzene rings is 1. The summed E-state index contributed by atoms with van der Waals surface area (Å²) < 4.78 is 47.1. The highest BCUT2D eigenvalue weighted by molar-refractivity contribution is 5.79. The highest BCUT2D eigenvalue weighted by Gasteiger charge is 2.29. The molecular formula is C20H31F3N4O2. The van der Waals surface area contributed by atoms with Crippen LogP contribution in [0.3, 0.4) is 0 Å². The Bertz CT molecular complexity index is 668. The van der Waals surface area contributed by atoms with E-state index in [2.05, 4.69) is 27.4 Å². The van der Waals surface area contributed by atoms with Crippen LogP contribution >= 0.6 is 0 Å². The van der Waals surface area contributed by atoms with Crippen LogP contribution in [-0.2, 0) is 6.54 Å². The summed E-state index contributed by atoms with van der Waals surface area (Å²) in [7, 11) is 1.40. The van der Waals surface area contributed by atoms with Crippen LogP contribution in [0.15, 0.2) is 23.2 Å². The second-order valence-electron chi connectivity index (χ2n) is 6.89. The third-order valence-corrected chi connectivity index (χ3v) is 4.79. The number of aliphatic imine (C=N–C) groups is 1. The normalized spacial score (nSPS) is 18.0. The van der Waals surface area contributed by atoms with Crippen molar-refractivity contribution in [2.45, 2.75) is 45.5 Å². The van der Waals surface area contributed by atoms with Crippen molar-refractivity contribution in [2.24, 2.45) is 4.99 Å². The maximum absolute atomic E-state index is 12.4. The van der Waals surface area contributed by atoms with Gasteiger partial charge in [-0.25, -0.2) is 4.99 Å². The SMILES string of the molecule is CCNC(=NCc1ccc(OCC(F)(F)F)c(OC)c1)NCC1CCCN1CC. The van der Waals surface area contributed by atoms with Gasteiger partial charge in [-0.2, -0.15) is 13.2 Å². The molecule has 2 rings (SSSR count). The molecule has 1 aromatic rings. The van der Waals surface area contributed by atoms with E-state index in [4.69, 9.17) is 9.47 Å². The van der Waals surface area contributed by atoms with E-state index in [1.807, 2.05) is 6.92 Å². The van der Waals surface area contributed by atoms with Gasteiger partial charge < -0.3 is 20.1 Å². The largest absolute Gasteiger partial charge is 0.493 e. The van der Waals surface area contributed by atoms with Crippen LogP contribution in [0.25, 0.3) is 0 Å². The van der Waals surface area contributed by atoms with Crippen LogP contribution in [-0.4, -0.2) is 63.0 Å². The number of likely N-dealkylation sites (tertiary alicyclic amines) is 1. The Balaban J connectivity index is 1.98. The van der Waals surface area contributed by atoms with Crippen LogP contribution < -0.4 is 20.1 Å². The predicted octanol–water partition coefficient (Wildman–Crippen LogP) is 3.18. The van der Waals surface area contributed by atoms with Crippen molar-refractivity contribution in [3.63, 3.8) is 0 Å². The molecule has 1 aliphatic rings. The van der Waals surface area contributed by atoms with E-state index in [0.29, 0.717) is 18.5 Å². The molecule has 0 radical (unpaired) electrons. The first kappa shape index (κ1) is 23.1. The van der Waals surface area contributed by atoms with Crippen molar-refractivity contribution >= 4 is 5.96 Å². The molecule has 164 valence electrons. The number of nitrogens with one attached hydrogen (secondary N) is 2. The molecule has 2 N–H and O–H groups in total. The third-order valence-electron chi connectivity index (χ3n) is 4.79. The van der Waals surface area contributed by atoms with Gasteiger partial charge in [0.05, 0.1) is 13.7 Å². The zero-order valence-electron chi connectivity index (χ0n) is 17.3. The minimum atomic E-state index is -4.40. The van der Waals surface area contributed by atoms with Crippen LogP contribution in [0.1, 0.15) is 32.3 Å². The van der Waals surface area contributed by atoms with Crippen LogP contribution in [0.5, 0.6) is 11.5 Å². The lowest BCUT2D eigenvalue weighted by Crippen LogP contribution is -2.44. The molecule has 1 aliphatic heterocycles. The number of likely N-dealkylation sites (N-methyl/N-ethyl adjacent to an activating group) is 1. The maximum Gasteiger partial charge on any atom is 0.422 e. The Labute approximate surface area is 170 Å². The summed E-state index contributed by atoms with van der Waals surface area (Å²) in [5, 5.41) is 6.62. The summed E-state index contributed by atoms with van der Waals surface area (Å²) in [6, 6.07) is 5.33. The Morgan fingerprint density at radius 1 is 1.24 bits per heavy atom. The molecule has 6 nitrogen and oxygen atoms in total. The molecule has 1 heterocycles. The average molecular weight is 416 g/mol. The van der Waals surface area contributed by atoms with Gasteiger partial charge in [0.25, 0.3) is 0 Å². The lowest BCUT2D eigenvalue weighted by atomic mass is 10.2. The van der Waals surface area contributed by atoms with Crippen molar-refractivity contribution < 1.29 is 22.6 Å². The predicted molar refractivity (Wildman–Crippen MR) is 108 cm³/mol. The Morgan fingerprint density at radius 3 is 2.69 bits per heavy atom. The fourth-order valence-electron chi connectivity index (χ4n) is 3.36. The number of alkyl halides is 3. The van der Waals surface area contributed by atoms with E-state index < -0.39 is 12.8 Å². The van der Waals surface area contributed by atoms with Gasteiger partial charge in [-0.1, -0.05) is 13.0 Å². The minimum Gasteiger partial charge on any atom is -0.493 e. The van der Waals surface area contributed by atoms with Crippen LogP contribution in [0.2, 0.25) is 0 Å². The van der Waals surface area contributed by atoms with Crippen molar-refractivity contribution in [2.75, 3.05) is 39.9 Å². The molecule has 29 heavy (non-hydrogen) atoms. The van der Waals surface area contributed by atoms with Gasteiger partial charge in [-0.15, -0.1) is 0 Å². The van der Waals surface area contributed by atoms with Gasteiger partial charge >= 0.3 is 6.18 Å². The van der Waals surface area contributed by atoms with Gasteiger partial charge in [0, 0.05) is 19.1 Å². The third kappa shape index (κ3) is 7.64. The molecule has 0 aromatic heterocycles. The van der Waals surface area contributed by atoms with E-state index in [1.165, 1.54) is 26.0 Å². The molecule has 9 heteroatoms. The van der Waals surface area contributed by atoms with Crippen LogP contribution in [0.4, 0.5) is 13.2 Å². The molecule has 1 saturated heterocycles. The first-order valence-electron chi connectivity index (χ1n) is 9.99. The molecule has 1 unspecified atom stereocenters. The van der Waals surface area contributed by atoms with E-state index >= 15 is 0 Å². The number of nitrogens with zero attached hydrogens (tertiary/aromatic N) is 2. The van der Waals surface area contributed by atoms with Gasteiger partial charge in [-0.05, 0) is 50.6 Å². The van der Waals surface area contributed by atoms with Crippen molar-refractivity contribution in [3.05, 3.63) is 23.8 Å². The molecule has 1 atom stereocenters. The second kappa shape index (κ2) is 11.1. The van der Waals surface area contributed by atoms with Crippen molar-refractivity contribution in [1.82, 2.24) is 15.5 Å². The number of hydrogen-bond donors (Lipinski definition) is 2. The molecule has 1 fully saturated rings. The van der Waals surface area contributed by atoms with Gasteiger partial charge in [0.1, 0.15) is 0 Å². The fourth-order valence-corrected chi connectivity index (χ4v) is 3.36. The molecule has 0 saturated carbocycles.